The van der Waals surface area contributed by atoms with E-state index in [-0.39, 0.29) is 32.6 Å². The van der Waals surface area contributed by atoms with Crippen LogP contribution in [0.3, 0.4) is 0 Å². The highest BCUT2D eigenvalue weighted by molar-refractivity contribution is 7.47. The van der Waals surface area contributed by atoms with E-state index in [1.807, 2.05) is 0 Å². The Morgan fingerprint density at radius 1 is 0.638 bits per heavy atom. The molecule has 0 saturated carbocycles. The minimum atomic E-state index is -4.37. The zero-order chi connectivity index (χ0) is 34.7. The smallest absolute Gasteiger partial charge is 0.462 e. The third kappa shape index (κ3) is 33.9. The van der Waals surface area contributed by atoms with Crippen molar-refractivity contribution in [1.29, 1.82) is 0 Å². The fourth-order valence-corrected chi connectivity index (χ4v) is 5.47. The number of esters is 2. The second-order valence-electron chi connectivity index (χ2n) is 12.1. The summed E-state index contributed by atoms with van der Waals surface area (Å²) in [4.78, 5) is 34.6. The van der Waals surface area contributed by atoms with Crippen molar-refractivity contribution in [2.24, 2.45) is 5.73 Å². The molecule has 0 bridgehead atoms. The number of nitrogens with two attached hydrogens (primary N) is 1. The Kier molecular flexibility index (Phi) is 32.8. The number of phosphoric acid groups is 1. The third-order valence-corrected chi connectivity index (χ3v) is 8.48. The maximum atomic E-state index is 12.5. The van der Waals surface area contributed by atoms with Gasteiger partial charge in [0, 0.05) is 19.4 Å². The SMILES string of the molecule is CCCC/C=C\CCCCCCCC(=O)OC[C@H](COP(=O)(O)OCCN)OC(=O)CCCCCCC/C=C\C/C=C\CCCCC. The van der Waals surface area contributed by atoms with E-state index in [1.54, 1.807) is 0 Å². The van der Waals surface area contributed by atoms with Crippen molar-refractivity contribution in [3.8, 4) is 0 Å². The van der Waals surface area contributed by atoms with Gasteiger partial charge in [0.1, 0.15) is 6.61 Å². The topological polar surface area (TPSA) is 134 Å². The lowest BCUT2D eigenvalue weighted by Gasteiger charge is -2.19. The van der Waals surface area contributed by atoms with Gasteiger partial charge >= 0.3 is 19.8 Å². The van der Waals surface area contributed by atoms with Gasteiger partial charge < -0.3 is 20.1 Å². The molecule has 1 unspecified atom stereocenters. The molecule has 0 aromatic carbocycles. The predicted molar refractivity (Wildman–Crippen MR) is 192 cm³/mol. The Morgan fingerprint density at radius 3 is 1.70 bits per heavy atom. The summed E-state index contributed by atoms with van der Waals surface area (Å²) in [6.07, 6.45) is 34.6. The van der Waals surface area contributed by atoms with Crippen molar-refractivity contribution in [2.75, 3.05) is 26.4 Å². The van der Waals surface area contributed by atoms with Crippen LogP contribution in [0, 0.1) is 0 Å². The van der Waals surface area contributed by atoms with Crippen LogP contribution in [-0.4, -0.2) is 49.3 Å². The standard InChI is InChI=1S/C37H68NO8P/c1-3-5-7-9-11-13-15-16-17-18-20-22-24-26-28-30-37(40)46-35(34-45-47(41,42)44-32-31-38)33-43-36(39)29-27-25-23-21-19-14-12-10-8-6-4-2/h10-13,16-17,35H,3-9,14-15,18-34,38H2,1-2H3,(H,41,42)/b12-10-,13-11-,17-16-/t35-/m1/s1. The zero-order valence-electron chi connectivity index (χ0n) is 29.8. The van der Waals surface area contributed by atoms with E-state index in [4.69, 9.17) is 24.3 Å². The average molecular weight is 686 g/mol. The van der Waals surface area contributed by atoms with Crippen LogP contribution in [0.4, 0.5) is 0 Å². The summed E-state index contributed by atoms with van der Waals surface area (Å²) in [6.45, 7) is 3.62. The molecule has 0 saturated heterocycles. The van der Waals surface area contributed by atoms with Gasteiger partial charge in [0.15, 0.2) is 6.10 Å². The van der Waals surface area contributed by atoms with Crippen LogP contribution in [0.15, 0.2) is 36.5 Å². The maximum absolute atomic E-state index is 12.5. The Labute approximate surface area is 286 Å². The van der Waals surface area contributed by atoms with Crippen molar-refractivity contribution in [3.63, 3.8) is 0 Å². The minimum absolute atomic E-state index is 0.0492. The normalized spacial score (nSPS) is 13.9. The van der Waals surface area contributed by atoms with Gasteiger partial charge in [-0.15, -0.1) is 0 Å². The van der Waals surface area contributed by atoms with E-state index in [9.17, 15) is 19.0 Å². The van der Waals surface area contributed by atoms with Crippen molar-refractivity contribution in [2.45, 2.75) is 161 Å². The van der Waals surface area contributed by atoms with Gasteiger partial charge in [0.25, 0.3) is 0 Å². The number of carbonyl (C=O) groups excluding carboxylic acids is 2. The van der Waals surface area contributed by atoms with Crippen molar-refractivity contribution in [3.05, 3.63) is 36.5 Å². The van der Waals surface area contributed by atoms with Gasteiger partial charge in [-0.1, -0.05) is 115 Å². The van der Waals surface area contributed by atoms with Gasteiger partial charge in [-0.25, -0.2) is 4.57 Å². The Morgan fingerprint density at radius 2 is 1.13 bits per heavy atom. The molecule has 47 heavy (non-hydrogen) atoms. The fourth-order valence-electron chi connectivity index (χ4n) is 4.70. The van der Waals surface area contributed by atoms with E-state index in [1.165, 1.54) is 38.5 Å². The van der Waals surface area contributed by atoms with Crippen molar-refractivity contribution < 1.29 is 37.6 Å². The highest BCUT2D eigenvalue weighted by atomic mass is 31.2. The maximum Gasteiger partial charge on any atom is 0.472 e. The van der Waals surface area contributed by atoms with Gasteiger partial charge in [-0.3, -0.25) is 18.6 Å². The summed E-state index contributed by atoms with van der Waals surface area (Å²) in [5, 5.41) is 0. The molecule has 2 atom stereocenters. The minimum Gasteiger partial charge on any atom is -0.462 e. The van der Waals surface area contributed by atoms with Crippen LogP contribution in [-0.2, 0) is 32.7 Å². The monoisotopic (exact) mass is 685 g/mol. The molecule has 0 fully saturated rings. The number of unbranched alkanes of at least 4 members (excludes halogenated alkanes) is 15. The second kappa shape index (κ2) is 34.1. The first-order valence-corrected chi connectivity index (χ1v) is 20.0. The summed E-state index contributed by atoms with van der Waals surface area (Å²) < 4.78 is 32.6. The summed E-state index contributed by atoms with van der Waals surface area (Å²) in [5.41, 5.74) is 5.32. The van der Waals surface area contributed by atoms with Gasteiger partial charge in [-0.05, 0) is 64.2 Å². The molecule has 0 radical (unpaired) electrons. The summed E-state index contributed by atoms with van der Waals surface area (Å²) in [5.74, 6) is -0.860. The van der Waals surface area contributed by atoms with Crippen LogP contribution in [0.1, 0.15) is 155 Å². The average Bonchev–Trinajstić information content (AvgIpc) is 3.05. The molecule has 0 aromatic rings. The Hall–Kier alpha value is -1.77. The summed E-state index contributed by atoms with van der Waals surface area (Å²) >= 11 is 0. The largest absolute Gasteiger partial charge is 0.472 e. The Bertz CT molecular complexity index is 876. The van der Waals surface area contributed by atoms with E-state index in [2.05, 4.69) is 50.3 Å². The number of carbonyl (C=O) groups is 2. The van der Waals surface area contributed by atoms with Crippen LogP contribution in [0.2, 0.25) is 0 Å². The highest BCUT2D eigenvalue weighted by Crippen LogP contribution is 2.43. The number of hydrogen-bond acceptors (Lipinski definition) is 8. The molecule has 0 aliphatic rings. The molecular formula is C37H68NO8P. The molecule has 0 spiro atoms. The van der Waals surface area contributed by atoms with Crippen LogP contribution >= 0.6 is 7.82 Å². The fraction of sp³-hybridized carbons (Fsp3) is 0.784. The lowest BCUT2D eigenvalue weighted by atomic mass is 10.1. The molecular weight excluding hydrogens is 617 g/mol. The predicted octanol–water partition coefficient (Wildman–Crippen LogP) is 9.82. The third-order valence-electron chi connectivity index (χ3n) is 7.50. The zero-order valence-corrected chi connectivity index (χ0v) is 30.7. The van der Waals surface area contributed by atoms with Gasteiger partial charge in [0.2, 0.25) is 0 Å². The Balaban J connectivity index is 4.28. The lowest BCUT2D eigenvalue weighted by molar-refractivity contribution is -0.161. The molecule has 0 aliphatic carbocycles. The molecule has 3 N–H and O–H groups in total. The lowest BCUT2D eigenvalue weighted by Crippen LogP contribution is -2.29. The van der Waals surface area contributed by atoms with Gasteiger partial charge in [0.05, 0.1) is 13.2 Å². The van der Waals surface area contributed by atoms with Crippen molar-refractivity contribution in [1.82, 2.24) is 0 Å². The quantitative estimate of drug-likeness (QED) is 0.0294. The molecule has 0 aliphatic heterocycles. The van der Waals surface area contributed by atoms with E-state index in [0.717, 1.165) is 83.5 Å². The van der Waals surface area contributed by atoms with E-state index >= 15 is 0 Å². The number of ether oxygens (including phenoxy) is 2. The highest BCUT2D eigenvalue weighted by Gasteiger charge is 2.25. The molecule has 274 valence electrons. The first-order valence-electron chi connectivity index (χ1n) is 18.5. The molecule has 0 rings (SSSR count). The second-order valence-corrected chi connectivity index (χ2v) is 13.5. The molecule has 0 heterocycles. The first-order chi connectivity index (χ1) is 22.8. The van der Waals surface area contributed by atoms with Gasteiger partial charge in [-0.2, -0.15) is 0 Å². The van der Waals surface area contributed by atoms with E-state index < -0.39 is 32.5 Å². The summed E-state index contributed by atoms with van der Waals surface area (Å²) in [7, 11) is -4.37. The number of hydrogen-bond donors (Lipinski definition) is 2. The number of rotatable bonds is 34. The molecule has 10 heteroatoms. The number of phosphoric ester groups is 1. The summed E-state index contributed by atoms with van der Waals surface area (Å²) in [6, 6.07) is 0. The number of allylic oxidation sites excluding steroid dienone is 6. The van der Waals surface area contributed by atoms with E-state index in [0.29, 0.717) is 6.42 Å². The van der Waals surface area contributed by atoms with Crippen LogP contribution < -0.4 is 5.73 Å². The molecule has 0 amide bonds. The molecule has 0 aromatic heterocycles. The van der Waals surface area contributed by atoms with Crippen LogP contribution in [0.25, 0.3) is 0 Å². The van der Waals surface area contributed by atoms with Crippen LogP contribution in [0.5, 0.6) is 0 Å². The first kappa shape index (κ1) is 45.2. The van der Waals surface area contributed by atoms with Crippen molar-refractivity contribution >= 4 is 19.8 Å². The molecule has 9 nitrogen and oxygen atoms in total.